The van der Waals surface area contributed by atoms with Gasteiger partial charge in [0.2, 0.25) is 10.0 Å². The predicted molar refractivity (Wildman–Crippen MR) is 56.3 cm³/mol. The molecule has 0 bridgehead atoms. The first kappa shape index (κ1) is 9.94. The number of rotatable bonds is 2. The fraction of sp³-hybridized carbons (Fsp3) is 0.143. The van der Waals surface area contributed by atoms with Gasteiger partial charge >= 0.3 is 0 Å². The first-order chi connectivity index (χ1) is 5.52. The quantitative estimate of drug-likeness (QED) is 0.663. The largest absolute Gasteiger partial charge is 0.228 e. The lowest BCUT2D eigenvalue weighted by molar-refractivity contribution is 0.597. The standard InChI is InChI=1S/C7H8INO2S/c8-7(12(9,10)11)6-4-2-1-3-5-6/h1-5,7H,(H2,9,10,11). The maximum Gasteiger partial charge on any atom is 0.225 e. The summed E-state index contributed by atoms with van der Waals surface area (Å²) in [6.45, 7) is 0. The van der Waals surface area contributed by atoms with Crippen molar-refractivity contribution in [2.75, 3.05) is 0 Å². The van der Waals surface area contributed by atoms with Crippen molar-refractivity contribution in [1.82, 2.24) is 0 Å². The van der Waals surface area contributed by atoms with Crippen molar-refractivity contribution in [2.45, 2.75) is 3.26 Å². The van der Waals surface area contributed by atoms with E-state index >= 15 is 0 Å². The molecule has 0 spiro atoms. The molecule has 1 aromatic carbocycles. The second-order valence-corrected chi connectivity index (χ2v) is 6.06. The molecular weight excluding hydrogens is 289 g/mol. The van der Waals surface area contributed by atoms with Gasteiger partial charge in [0.1, 0.15) is 0 Å². The summed E-state index contributed by atoms with van der Waals surface area (Å²) in [6, 6.07) is 8.87. The summed E-state index contributed by atoms with van der Waals surface area (Å²) >= 11 is 1.80. The lowest BCUT2D eigenvalue weighted by Gasteiger charge is -2.06. The third-order valence-electron chi connectivity index (χ3n) is 1.35. The molecule has 0 radical (unpaired) electrons. The van der Waals surface area contributed by atoms with E-state index in [1.165, 1.54) is 0 Å². The topological polar surface area (TPSA) is 60.2 Å². The van der Waals surface area contributed by atoms with Crippen LogP contribution >= 0.6 is 22.6 Å². The first-order valence-electron chi connectivity index (χ1n) is 3.22. The third kappa shape index (κ3) is 2.43. The molecule has 0 aromatic heterocycles. The number of primary sulfonamides is 1. The Labute approximate surface area is 85.2 Å². The molecule has 1 aromatic rings. The highest BCUT2D eigenvalue weighted by atomic mass is 127. The Balaban J connectivity index is 3.02. The normalized spacial score (nSPS) is 14.2. The Kier molecular flexibility index (Phi) is 3.08. The van der Waals surface area contributed by atoms with Crippen LogP contribution in [0.2, 0.25) is 0 Å². The summed E-state index contributed by atoms with van der Waals surface area (Å²) in [5.74, 6) is 0. The van der Waals surface area contributed by atoms with E-state index in [9.17, 15) is 8.42 Å². The van der Waals surface area contributed by atoms with Crippen molar-refractivity contribution >= 4 is 32.6 Å². The smallest absolute Gasteiger partial charge is 0.225 e. The zero-order chi connectivity index (χ0) is 9.19. The average molecular weight is 297 g/mol. The predicted octanol–water partition coefficient (Wildman–Crippen LogP) is 1.41. The lowest BCUT2D eigenvalue weighted by atomic mass is 10.2. The second-order valence-electron chi connectivity index (χ2n) is 2.32. The Morgan fingerprint density at radius 2 is 1.75 bits per heavy atom. The maximum atomic E-state index is 10.9. The first-order valence-corrected chi connectivity index (χ1v) is 6.08. The molecule has 1 rings (SSSR count). The molecule has 0 aliphatic rings. The van der Waals surface area contributed by atoms with Gasteiger partial charge in [-0.25, -0.2) is 13.6 Å². The van der Waals surface area contributed by atoms with Crippen molar-refractivity contribution < 1.29 is 8.42 Å². The zero-order valence-electron chi connectivity index (χ0n) is 6.14. The number of hydrogen-bond acceptors (Lipinski definition) is 2. The van der Waals surface area contributed by atoms with E-state index in [0.29, 0.717) is 5.56 Å². The van der Waals surface area contributed by atoms with Crippen LogP contribution < -0.4 is 5.14 Å². The van der Waals surface area contributed by atoms with Crippen molar-refractivity contribution in [3.05, 3.63) is 35.9 Å². The number of halogens is 1. The summed E-state index contributed by atoms with van der Waals surface area (Å²) in [5.41, 5.74) is 0.709. The molecule has 1 atom stereocenters. The van der Waals surface area contributed by atoms with Crippen molar-refractivity contribution in [3.8, 4) is 0 Å². The molecular formula is C7H8INO2S. The summed E-state index contributed by atoms with van der Waals surface area (Å²) < 4.78 is 21.1. The molecule has 0 heterocycles. The molecule has 3 nitrogen and oxygen atoms in total. The molecule has 5 heteroatoms. The van der Waals surface area contributed by atoms with Gasteiger partial charge in [-0.1, -0.05) is 52.9 Å². The molecule has 0 amide bonds. The van der Waals surface area contributed by atoms with E-state index in [1.807, 2.05) is 6.07 Å². The maximum absolute atomic E-state index is 10.9. The van der Waals surface area contributed by atoms with Crippen molar-refractivity contribution in [2.24, 2.45) is 5.14 Å². The molecule has 0 aliphatic carbocycles. The second kappa shape index (κ2) is 3.71. The van der Waals surface area contributed by atoms with Crippen LogP contribution in [0.15, 0.2) is 30.3 Å². The van der Waals surface area contributed by atoms with Gasteiger partial charge in [0, 0.05) is 0 Å². The molecule has 1 unspecified atom stereocenters. The minimum Gasteiger partial charge on any atom is -0.228 e. The van der Waals surface area contributed by atoms with Crippen LogP contribution in [-0.2, 0) is 10.0 Å². The van der Waals surface area contributed by atoms with E-state index in [2.05, 4.69) is 0 Å². The van der Waals surface area contributed by atoms with E-state index in [-0.39, 0.29) is 0 Å². The molecule has 0 aliphatic heterocycles. The molecule has 0 saturated carbocycles. The fourth-order valence-corrected chi connectivity index (χ4v) is 1.75. The monoisotopic (exact) mass is 297 g/mol. The number of sulfonamides is 1. The molecule has 2 N–H and O–H groups in total. The van der Waals surface area contributed by atoms with Crippen molar-refractivity contribution in [3.63, 3.8) is 0 Å². The Morgan fingerprint density at radius 1 is 1.25 bits per heavy atom. The number of nitrogens with two attached hydrogens (primary N) is 1. The van der Waals surface area contributed by atoms with Crippen LogP contribution in [0.1, 0.15) is 8.82 Å². The number of alkyl halides is 1. The van der Waals surface area contributed by atoms with Gasteiger partial charge in [-0.3, -0.25) is 0 Å². The molecule has 12 heavy (non-hydrogen) atoms. The summed E-state index contributed by atoms with van der Waals surface area (Å²) in [5, 5.41) is 4.98. The van der Waals surface area contributed by atoms with E-state index in [0.717, 1.165) is 0 Å². The molecule has 66 valence electrons. The minimum absolute atomic E-state index is 0.656. The zero-order valence-corrected chi connectivity index (χ0v) is 9.12. The Hall–Kier alpha value is -0.140. The van der Waals surface area contributed by atoms with Crippen LogP contribution in [0.3, 0.4) is 0 Å². The highest BCUT2D eigenvalue weighted by Gasteiger charge is 2.18. The molecule has 0 fully saturated rings. The van der Waals surface area contributed by atoms with Crippen molar-refractivity contribution in [1.29, 1.82) is 0 Å². The fourth-order valence-electron chi connectivity index (χ4n) is 0.794. The number of hydrogen-bond donors (Lipinski definition) is 1. The van der Waals surface area contributed by atoms with E-state index in [4.69, 9.17) is 5.14 Å². The average Bonchev–Trinajstić information content (AvgIpc) is 2.03. The highest BCUT2D eigenvalue weighted by molar-refractivity contribution is 14.1. The van der Waals surface area contributed by atoms with Gasteiger partial charge in [-0.2, -0.15) is 0 Å². The van der Waals surface area contributed by atoms with Crippen LogP contribution in [0.25, 0.3) is 0 Å². The van der Waals surface area contributed by atoms with E-state index < -0.39 is 13.3 Å². The van der Waals surface area contributed by atoms with Crippen LogP contribution in [0.4, 0.5) is 0 Å². The summed E-state index contributed by atoms with van der Waals surface area (Å²) in [4.78, 5) is 0. The Bertz CT molecular complexity index is 349. The highest BCUT2D eigenvalue weighted by Crippen LogP contribution is 2.26. The van der Waals surface area contributed by atoms with Gasteiger partial charge in [-0.05, 0) is 5.56 Å². The van der Waals surface area contributed by atoms with Gasteiger partial charge in [0.15, 0.2) is 3.26 Å². The summed E-state index contributed by atoms with van der Waals surface area (Å²) in [6.07, 6.45) is 0. The Morgan fingerprint density at radius 3 is 2.17 bits per heavy atom. The van der Waals surface area contributed by atoms with Crippen LogP contribution in [0, 0.1) is 0 Å². The van der Waals surface area contributed by atoms with Gasteiger partial charge in [0.05, 0.1) is 0 Å². The van der Waals surface area contributed by atoms with Crippen LogP contribution in [0.5, 0.6) is 0 Å². The number of benzene rings is 1. The van der Waals surface area contributed by atoms with Gasteiger partial charge in [0.25, 0.3) is 0 Å². The van der Waals surface area contributed by atoms with Crippen LogP contribution in [-0.4, -0.2) is 8.42 Å². The minimum atomic E-state index is -3.47. The SMILES string of the molecule is NS(=O)(=O)C(I)c1ccccc1. The van der Waals surface area contributed by atoms with Gasteiger partial charge in [-0.15, -0.1) is 0 Å². The summed E-state index contributed by atoms with van der Waals surface area (Å²) in [7, 11) is -3.47. The third-order valence-corrected chi connectivity index (χ3v) is 5.04. The van der Waals surface area contributed by atoms with E-state index in [1.54, 1.807) is 46.9 Å². The molecule has 0 saturated heterocycles. The van der Waals surface area contributed by atoms with Gasteiger partial charge < -0.3 is 0 Å². The lowest BCUT2D eigenvalue weighted by Crippen LogP contribution is -2.16.